The smallest absolute Gasteiger partial charge is 0.332 e. The van der Waals surface area contributed by atoms with Gasteiger partial charge in [0.25, 0.3) is 5.91 Å². The lowest BCUT2D eigenvalue weighted by Gasteiger charge is -2.20. The van der Waals surface area contributed by atoms with Crippen LogP contribution in [0.1, 0.15) is 47.9 Å². The van der Waals surface area contributed by atoms with Crippen molar-refractivity contribution < 1.29 is 19.8 Å². The topological polar surface area (TPSA) is 115 Å². The van der Waals surface area contributed by atoms with E-state index in [2.05, 4.69) is 15.5 Å². The fourth-order valence-electron chi connectivity index (χ4n) is 3.32. The minimum Gasteiger partial charge on any atom is -0.479 e. The van der Waals surface area contributed by atoms with Crippen LogP contribution in [-0.2, 0) is 11.2 Å². The molecule has 0 saturated carbocycles. The minimum absolute atomic E-state index is 0.104. The highest BCUT2D eigenvalue weighted by Crippen LogP contribution is 2.20. The summed E-state index contributed by atoms with van der Waals surface area (Å²) in [6.07, 6.45) is -1.29. The van der Waals surface area contributed by atoms with Gasteiger partial charge in [0.1, 0.15) is 5.69 Å². The number of nitrogens with one attached hydrogen (secondary N) is 2. The normalized spacial score (nSPS) is 13.0. The summed E-state index contributed by atoms with van der Waals surface area (Å²) < 4.78 is 0. The molecule has 2 unspecified atom stereocenters. The molecule has 0 fully saturated rings. The lowest BCUT2D eigenvalue weighted by Crippen LogP contribution is -2.40. The number of aliphatic carboxylic acids is 1. The van der Waals surface area contributed by atoms with Gasteiger partial charge in [-0.2, -0.15) is 5.10 Å². The Morgan fingerprint density at radius 2 is 1.68 bits per heavy atom. The molecule has 3 aromatic rings. The molecule has 0 spiro atoms. The summed E-state index contributed by atoms with van der Waals surface area (Å²) in [5, 5.41) is 28.6. The molecule has 3 rings (SSSR count). The Morgan fingerprint density at radius 1 is 1.03 bits per heavy atom. The standard InChI is InChI=1S/C24H27N3O4/c1-15(2)20-14-21(27-26-20)23(29)25-19(13-22(28)24(30)31)12-16-8-10-18(11-9-16)17-6-4-3-5-7-17/h3-11,14-15,19,22,28H,12-13H2,1-2H3,(H,25,29)(H,26,27)(H,30,31). The number of rotatable bonds is 9. The van der Waals surface area contributed by atoms with Crippen LogP contribution in [0.25, 0.3) is 11.1 Å². The Hall–Kier alpha value is -3.45. The number of hydrogen-bond donors (Lipinski definition) is 4. The van der Waals surface area contributed by atoms with Gasteiger partial charge in [0.05, 0.1) is 5.69 Å². The predicted molar refractivity (Wildman–Crippen MR) is 118 cm³/mol. The zero-order valence-electron chi connectivity index (χ0n) is 17.6. The Kier molecular flexibility index (Phi) is 7.20. The van der Waals surface area contributed by atoms with E-state index < -0.39 is 18.1 Å². The molecule has 7 nitrogen and oxygen atoms in total. The van der Waals surface area contributed by atoms with Crippen LogP contribution in [0.15, 0.2) is 60.7 Å². The maximum absolute atomic E-state index is 12.7. The van der Waals surface area contributed by atoms with E-state index in [1.807, 2.05) is 68.4 Å². The fourth-order valence-corrected chi connectivity index (χ4v) is 3.32. The molecule has 31 heavy (non-hydrogen) atoms. The van der Waals surface area contributed by atoms with Crippen LogP contribution in [-0.4, -0.2) is 44.4 Å². The molecule has 1 aromatic heterocycles. The second-order valence-corrected chi connectivity index (χ2v) is 7.89. The number of carbonyl (C=O) groups excluding carboxylic acids is 1. The van der Waals surface area contributed by atoms with E-state index >= 15 is 0 Å². The van der Waals surface area contributed by atoms with Gasteiger partial charge in [0.15, 0.2) is 6.10 Å². The number of aromatic amines is 1. The molecule has 0 aliphatic carbocycles. The minimum atomic E-state index is -1.57. The molecule has 2 aromatic carbocycles. The summed E-state index contributed by atoms with van der Waals surface area (Å²) in [6, 6.07) is 18.9. The summed E-state index contributed by atoms with van der Waals surface area (Å²) >= 11 is 0. The molecule has 1 amide bonds. The second-order valence-electron chi connectivity index (χ2n) is 7.89. The van der Waals surface area contributed by atoms with E-state index in [0.29, 0.717) is 12.1 Å². The number of aromatic nitrogens is 2. The van der Waals surface area contributed by atoms with Gasteiger partial charge < -0.3 is 15.5 Å². The Bertz CT molecular complexity index is 1010. The number of H-pyrrole nitrogens is 1. The quantitative estimate of drug-likeness (QED) is 0.423. The van der Waals surface area contributed by atoms with Gasteiger partial charge in [-0.1, -0.05) is 68.4 Å². The average molecular weight is 421 g/mol. The van der Waals surface area contributed by atoms with Gasteiger partial charge in [-0.25, -0.2) is 4.79 Å². The van der Waals surface area contributed by atoms with Crippen molar-refractivity contribution >= 4 is 11.9 Å². The Labute approximate surface area is 181 Å². The van der Waals surface area contributed by atoms with E-state index in [4.69, 9.17) is 5.11 Å². The summed E-state index contributed by atoms with van der Waals surface area (Å²) in [4.78, 5) is 23.8. The molecule has 0 bridgehead atoms. The molecule has 0 radical (unpaired) electrons. The van der Waals surface area contributed by atoms with Gasteiger partial charge in [-0.3, -0.25) is 9.89 Å². The second kappa shape index (κ2) is 10.0. The molecule has 162 valence electrons. The van der Waals surface area contributed by atoms with Crippen molar-refractivity contribution in [3.8, 4) is 11.1 Å². The first-order valence-corrected chi connectivity index (χ1v) is 10.2. The number of hydrogen-bond acceptors (Lipinski definition) is 4. The maximum Gasteiger partial charge on any atom is 0.332 e. The monoisotopic (exact) mass is 421 g/mol. The number of nitrogens with zero attached hydrogens (tertiary/aromatic N) is 1. The molecule has 4 N–H and O–H groups in total. The van der Waals surface area contributed by atoms with Gasteiger partial charge in [0.2, 0.25) is 0 Å². The molecule has 7 heteroatoms. The van der Waals surface area contributed by atoms with Crippen molar-refractivity contribution in [2.24, 2.45) is 0 Å². The average Bonchev–Trinajstić information content (AvgIpc) is 3.25. The molecule has 0 aliphatic heterocycles. The van der Waals surface area contributed by atoms with Crippen molar-refractivity contribution in [1.82, 2.24) is 15.5 Å². The van der Waals surface area contributed by atoms with E-state index in [-0.39, 0.29) is 18.2 Å². The molecule has 0 aliphatic rings. The first-order chi connectivity index (χ1) is 14.8. The van der Waals surface area contributed by atoms with Crippen molar-refractivity contribution in [3.05, 3.63) is 77.6 Å². The van der Waals surface area contributed by atoms with Gasteiger partial charge in [0, 0.05) is 12.5 Å². The highest BCUT2D eigenvalue weighted by atomic mass is 16.4. The predicted octanol–water partition coefficient (Wildman–Crippen LogP) is 3.38. The fraction of sp³-hybridized carbons (Fsp3) is 0.292. The lowest BCUT2D eigenvalue weighted by atomic mass is 9.97. The van der Waals surface area contributed by atoms with Crippen molar-refractivity contribution in [1.29, 1.82) is 0 Å². The van der Waals surface area contributed by atoms with Gasteiger partial charge >= 0.3 is 5.97 Å². The Balaban J connectivity index is 1.73. The third-order valence-electron chi connectivity index (χ3n) is 5.11. The Morgan fingerprint density at radius 3 is 2.26 bits per heavy atom. The van der Waals surface area contributed by atoms with E-state index in [9.17, 15) is 14.7 Å². The summed E-state index contributed by atoms with van der Waals surface area (Å²) in [5.74, 6) is -1.53. The SMILES string of the molecule is CC(C)c1cc(C(=O)NC(Cc2ccc(-c3ccccc3)cc2)CC(O)C(=O)O)[nH]n1. The number of carboxylic acid groups (broad SMARTS) is 1. The van der Waals surface area contributed by atoms with Crippen LogP contribution in [0.5, 0.6) is 0 Å². The third-order valence-corrected chi connectivity index (χ3v) is 5.11. The first-order valence-electron chi connectivity index (χ1n) is 10.2. The van der Waals surface area contributed by atoms with E-state index in [0.717, 1.165) is 22.4 Å². The van der Waals surface area contributed by atoms with E-state index in [1.165, 1.54) is 0 Å². The number of aliphatic hydroxyl groups is 1. The number of carboxylic acids is 1. The van der Waals surface area contributed by atoms with Crippen LogP contribution in [0, 0.1) is 0 Å². The highest BCUT2D eigenvalue weighted by molar-refractivity contribution is 5.92. The van der Waals surface area contributed by atoms with Gasteiger partial charge in [-0.05, 0) is 35.1 Å². The summed E-state index contributed by atoms with van der Waals surface area (Å²) in [6.45, 7) is 3.95. The summed E-state index contributed by atoms with van der Waals surface area (Å²) in [5.41, 5.74) is 4.16. The van der Waals surface area contributed by atoms with Crippen molar-refractivity contribution in [2.45, 2.75) is 44.8 Å². The van der Waals surface area contributed by atoms with E-state index in [1.54, 1.807) is 6.07 Å². The largest absolute Gasteiger partial charge is 0.479 e. The lowest BCUT2D eigenvalue weighted by molar-refractivity contribution is -0.147. The zero-order chi connectivity index (χ0) is 22.4. The van der Waals surface area contributed by atoms with Crippen LogP contribution >= 0.6 is 0 Å². The van der Waals surface area contributed by atoms with Crippen LogP contribution in [0.2, 0.25) is 0 Å². The van der Waals surface area contributed by atoms with Crippen LogP contribution in [0.4, 0.5) is 0 Å². The molecular weight excluding hydrogens is 394 g/mol. The number of aliphatic hydroxyl groups excluding tert-OH is 1. The van der Waals surface area contributed by atoms with Crippen LogP contribution in [0.3, 0.4) is 0 Å². The zero-order valence-corrected chi connectivity index (χ0v) is 17.6. The number of amides is 1. The van der Waals surface area contributed by atoms with Crippen molar-refractivity contribution in [2.75, 3.05) is 0 Å². The number of carbonyl (C=O) groups is 2. The van der Waals surface area contributed by atoms with Crippen molar-refractivity contribution in [3.63, 3.8) is 0 Å². The molecule has 0 saturated heterocycles. The third kappa shape index (κ3) is 6.02. The molecule has 2 atom stereocenters. The number of benzene rings is 2. The summed E-state index contributed by atoms with van der Waals surface area (Å²) in [7, 11) is 0. The highest BCUT2D eigenvalue weighted by Gasteiger charge is 2.23. The van der Waals surface area contributed by atoms with Gasteiger partial charge in [-0.15, -0.1) is 0 Å². The van der Waals surface area contributed by atoms with Crippen LogP contribution < -0.4 is 5.32 Å². The molecule has 1 heterocycles. The maximum atomic E-state index is 12.7. The molecular formula is C24H27N3O4. The first kappa shape index (κ1) is 22.2.